The topological polar surface area (TPSA) is 87.7 Å². The van der Waals surface area contributed by atoms with Gasteiger partial charge in [0.1, 0.15) is 10.6 Å². The molecule has 7 nitrogen and oxygen atoms in total. The van der Waals surface area contributed by atoms with Crippen molar-refractivity contribution >= 4 is 40.9 Å². The normalized spacial score (nSPS) is 13.7. The SMILES string of the molecule is COCCCN1C(=O)C(Nc2ccccc2)=C(Sc2ccc(NC(=O)c3ccc(C(F)(F)F)cc3)cc2)C1=O. The predicted molar refractivity (Wildman–Crippen MR) is 142 cm³/mol. The maximum atomic E-state index is 13.2. The van der Waals surface area contributed by atoms with E-state index in [0.717, 1.165) is 36.0 Å². The Labute approximate surface area is 227 Å². The second-order valence-corrected chi connectivity index (χ2v) is 9.54. The van der Waals surface area contributed by atoms with Crippen molar-refractivity contribution in [2.75, 3.05) is 30.9 Å². The van der Waals surface area contributed by atoms with Crippen LogP contribution in [-0.4, -0.2) is 42.9 Å². The highest BCUT2D eigenvalue weighted by Crippen LogP contribution is 2.36. The number of anilines is 2. The lowest BCUT2D eigenvalue weighted by Gasteiger charge is -2.14. The summed E-state index contributed by atoms with van der Waals surface area (Å²) in [5.74, 6) is -1.41. The number of nitrogens with one attached hydrogen (secondary N) is 2. The molecular weight excluding hydrogens is 531 g/mol. The minimum Gasteiger partial charge on any atom is -0.385 e. The molecule has 1 aliphatic heterocycles. The zero-order valence-corrected chi connectivity index (χ0v) is 21.6. The van der Waals surface area contributed by atoms with Gasteiger partial charge in [-0.05, 0) is 67.1 Å². The number of imide groups is 1. The zero-order valence-electron chi connectivity index (χ0n) is 20.7. The summed E-state index contributed by atoms with van der Waals surface area (Å²) in [7, 11) is 1.55. The highest BCUT2D eigenvalue weighted by atomic mass is 32.2. The van der Waals surface area contributed by atoms with E-state index in [1.165, 1.54) is 4.90 Å². The molecule has 2 N–H and O–H groups in total. The summed E-state index contributed by atoms with van der Waals surface area (Å²) in [6.45, 7) is 0.616. The summed E-state index contributed by atoms with van der Waals surface area (Å²) in [5, 5.41) is 5.70. The molecule has 4 rings (SSSR count). The van der Waals surface area contributed by atoms with Crippen LogP contribution in [0.2, 0.25) is 0 Å². The first kappa shape index (κ1) is 27.9. The van der Waals surface area contributed by atoms with Crippen molar-refractivity contribution in [1.82, 2.24) is 4.90 Å². The quantitative estimate of drug-likeness (QED) is 0.244. The van der Waals surface area contributed by atoms with Crippen molar-refractivity contribution < 1.29 is 32.3 Å². The largest absolute Gasteiger partial charge is 0.416 e. The third kappa shape index (κ3) is 6.87. The monoisotopic (exact) mass is 555 g/mol. The smallest absolute Gasteiger partial charge is 0.385 e. The number of amides is 3. The summed E-state index contributed by atoms with van der Waals surface area (Å²) in [6.07, 6.45) is -3.99. The van der Waals surface area contributed by atoms with Gasteiger partial charge in [0.15, 0.2) is 0 Å². The first-order chi connectivity index (χ1) is 18.7. The lowest BCUT2D eigenvalue weighted by atomic mass is 10.1. The van der Waals surface area contributed by atoms with Crippen molar-refractivity contribution in [3.63, 3.8) is 0 Å². The molecule has 0 atom stereocenters. The van der Waals surface area contributed by atoms with E-state index >= 15 is 0 Å². The molecule has 202 valence electrons. The maximum Gasteiger partial charge on any atom is 0.416 e. The lowest BCUT2D eigenvalue weighted by Crippen LogP contribution is -2.33. The number of rotatable bonds is 10. The van der Waals surface area contributed by atoms with E-state index in [1.54, 1.807) is 43.5 Å². The number of carbonyl (C=O) groups is 3. The van der Waals surface area contributed by atoms with Gasteiger partial charge in [-0.15, -0.1) is 0 Å². The molecule has 0 fully saturated rings. The lowest BCUT2D eigenvalue weighted by molar-refractivity contribution is -0.138. The number of hydrogen-bond acceptors (Lipinski definition) is 6. The van der Waals surface area contributed by atoms with Gasteiger partial charge in [0.2, 0.25) is 0 Å². The molecule has 0 saturated carbocycles. The molecule has 0 radical (unpaired) electrons. The number of alkyl halides is 3. The molecule has 0 aromatic heterocycles. The van der Waals surface area contributed by atoms with Crippen LogP contribution in [0.15, 0.2) is 94.4 Å². The van der Waals surface area contributed by atoms with Crippen LogP contribution < -0.4 is 10.6 Å². The van der Waals surface area contributed by atoms with Crippen LogP contribution in [-0.2, 0) is 20.5 Å². The number of hydrogen-bond donors (Lipinski definition) is 2. The number of thioether (sulfide) groups is 1. The molecule has 39 heavy (non-hydrogen) atoms. The van der Waals surface area contributed by atoms with Gasteiger partial charge in [-0.1, -0.05) is 30.0 Å². The second-order valence-electron chi connectivity index (χ2n) is 8.46. The second kappa shape index (κ2) is 12.2. The minimum absolute atomic E-state index is 0.0758. The number of nitrogens with zero attached hydrogens (tertiary/aromatic N) is 1. The van der Waals surface area contributed by atoms with Crippen LogP contribution in [0.4, 0.5) is 24.5 Å². The van der Waals surface area contributed by atoms with Crippen LogP contribution >= 0.6 is 11.8 Å². The van der Waals surface area contributed by atoms with E-state index in [1.807, 2.05) is 18.2 Å². The summed E-state index contributed by atoms with van der Waals surface area (Å²) in [5.41, 5.74) is 0.482. The summed E-state index contributed by atoms with van der Waals surface area (Å²) < 4.78 is 43.3. The van der Waals surface area contributed by atoms with E-state index in [2.05, 4.69) is 10.6 Å². The van der Waals surface area contributed by atoms with Gasteiger partial charge in [0, 0.05) is 42.1 Å². The maximum absolute atomic E-state index is 13.2. The van der Waals surface area contributed by atoms with Crippen LogP contribution in [0.5, 0.6) is 0 Å². The van der Waals surface area contributed by atoms with E-state index in [9.17, 15) is 27.6 Å². The zero-order chi connectivity index (χ0) is 28.0. The minimum atomic E-state index is -4.49. The molecule has 0 bridgehead atoms. The van der Waals surface area contributed by atoms with Crippen molar-refractivity contribution in [2.24, 2.45) is 0 Å². The Morgan fingerprint density at radius 2 is 1.56 bits per heavy atom. The van der Waals surface area contributed by atoms with Gasteiger partial charge in [-0.25, -0.2) is 0 Å². The molecule has 0 saturated heterocycles. The average molecular weight is 556 g/mol. The van der Waals surface area contributed by atoms with Crippen LogP contribution in [0.3, 0.4) is 0 Å². The molecule has 1 heterocycles. The first-order valence-electron chi connectivity index (χ1n) is 11.9. The Kier molecular flexibility index (Phi) is 8.72. The molecule has 3 aromatic carbocycles. The molecule has 0 aliphatic carbocycles. The molecule has 1 aliphatic rings. The molecule has 11 heteroatoms. The summed E-state index contributed by atoms with van der Waals surface area (Å²) in [4.78, 5) is 40.8. The highest BCUT2D eigenvalue weighted by molar-refractivity contribution is 8.04. The molecule has 3 amide bonds. The fourth-order valence-electron chi connectivity index (χ4n) is 3.73. The Balaban J connectivity index is 1.49. The Bertz CT molecular complexity index is 1380. The number of halogens is 3. The third-order valence-electron chi connectivity index (χ3n) is 5.71. The first-order valence-corrected chi connectivity index (χ1v) is 12.7. The summed E-state index contributed by atoms with van der Waals surface area (Å²) >= 11 is 1.12. The number of ether oxygens (including phenoxy) is 1. The molecule has 0 unspecified atom stereocenters. The third-order valence-corrected chi connectivity index (χ3v) is 6.80. The van der Waals surface area contributed by atoms with Crippen molar-refractivity contribution in [3.8, 4) is 0 Å². The molecular formula is C28H24F3N3O4S. The number of carbonyl (C=O) groups excluding carboxylic acids is 3. The van der Waals surface area contributed by atoms with Crippen LogP contribution in [0.1, 0.15) is 22.3 Å². The highest BCUT2D eigenvalue weighted by Gasteiger charge is 2.38. The number of methoxy groups -OCH3 is 1. The fraction of sp³-hybridized carbons (Fsp3) is 0.179. The number of para-hydroxylation sites is 1. The molecule has 3 aromatic rings. The van der Waals surface area contributed by atoms with Gasteiger partial charge >= 0.3 is 6.18 Å². The van der Waals surface area contributed by atoms with E-state index in [-0.39, 0.29) is 22.7 Å². The van der Waals surface area contributed by atoms with Gasteiger partial charge < -0.3 is 15.4 Å². The predicted octanol–water partition coefficient (Wildman–Crippen LogP) is 5.78. The standard InChI is InChI=1S/C28H24F3N3O4S/c1-38-17-5-16-34-26(36)23(32-20-6-3-2-4-7-20)24(27(34)37)39-22-14-12-21(13-15-22)33-25(35)18-8-10-19(11-9-18)28(29,30)31/h2-4,6-15,32H,5,16-17H2,1H3,(H,33,35). The van der Waals surface area contributed by atoms with Crippen molar-refractivity contribution in [1.29, 1.82) is 0 Å². The fourth-order valence-corrected chi connectivity index (χ4v) is 4.68. The average Bonchev–Trinajstić information content (AvgIpc) is 3.14. The van der Waals surface area contributed by atoms with Gasteiger partial charge in [0.05, 0.1) is 5.56 Å². The Hall–Kier alpha value is -4.09. The number of benzene rings is 3. The summed E-state index contributed by atoms with van der Waals surface area (Å²) in [6, 6.07) is 19.5. The van der Waals surface area contributed by atoms with Crippen LogP contribution in [0, 0.1) is 0 Å². The molecule has 0 spiro atoms. The van der Waals surface area contributed by atoms with Gasteiger partial charge in [0.25, 0.3) is 17.7 Å². The van der Waals surface area contributed by atoms with Crippen molar-refractivity contribution in [2.45, 2.75) is 17.5 Å². The van der Waals surface area contributed by atoms with E-state index in [0.29, 0.717) is 29.3 Å². The van der Waals surface area contributed by atoms with Gasteiger partial charge in [-0.2, -0.15) is 13.2 Å². The van der Waals surface area contributed by atoms with Gasteiger partial charge in [-0.3, -0.25) is 19.3 Å². The van der Waals surface area contributed by atoms with Crippen molar-refractivity contribution in [3.05, 3.63) is 101 Å². The Morgan fingerprint density at radius 3 is 2.18 bits per heavy atom. The van der Waals surface area contributed by atoms with E-state index in [4.69, 9.17) is 4.74 Å². The van der Waals surface area contributed by atoms with E-state index < -0.39 is 29.5 Å². The van der Waals surface area contributed by atoms with Crippen LogP contribution in [0.25, 0.3) is 0 Å². The Morgan fingerprint density at radius 1 is 0.897 bits per heavy atom.